The molecule has 0 saturated carbocycles. The summed E-state index contributed by atoms with van der Waals surface area (Å²) in [6.07, 6.45) is 1.97. The first kappa shape index (κ1) is 21.9. The average Bonchev–Trinajstić information content (AvgIpc) is 3.21. The second-order valence-electron chi connectivity index (χ2n) is 8.14. The fourth-order valence-electron chi connectivity index (χ4n) is 3.60. The molecule has 1 atom stereocenters. The van der Waals surface area contributed by atoms with E-state index in [0.717, 1.165) is 50.3 Å². The second kappa shape index (κ2) is 9.90. The zero-order chi connectivity index (χ0) is 22.5. The van der Waals surface area contributed by atoms with Crippen molar-refractivity contribution < 1.29 is 4.39 Å². The molecule has 1 aliphatic rings. The van der Waals surface area contributed by atoms with Crippen molar-refractivity contribution in [2.45, 2.75) is 32.7 Å². The highest BCUT2D eigenvalue weighted by molar-refractivity contribution is 5.53. The molecule has 2 aromatic heterocycles. The number of benzene rings is 1. The minimum absolute atomic E-state index is 0.104. The van der Waals surface area contributed by atoms with E-state index in [2.05, 4.69) is 59.6 Å². The Labute approximate surface area is 187 Å². The van der Waals surface area contributed by atoms with Gasteiger partial charge in [0.2, 0.25) is 17.8 Å². The Morgan fingerprint density at radius 3 is 2.50 bits per heavy atom. The van der Waals surface area contributed by atoms with Crippen LogP contribution in [0.2, 0.25) is 0 Å². The number of nitrogens with one attached hydrogen (secondary N) is 3. The quantitative estimate of drug-likeness (QED) is 0.492. The van der Waals surface area contributed by atoms with E-state index in [4.69, 9.17) is 0 Å². The van der Waals surface area contributed by atoms with Crippen LogP contribution in [0.1, 0.15) is 37.6 Å². The maximum atomic E-state index is 13.3. The van der Waals surface area contributed by atoms with Gasteiger partial charge in [0.1, 0.15) is 5.82 Å². The number of rotatable bonds is 8. The lowest BCUT2D eigenvalue weighted by Crippen LogP contribution is -2.45. The van der Waals surface area contributed by atoms with Gasteiger partial charge in [0, 0.05) is 37.9 Å². The van der Waals surface area contributed by atoms with Gasteiger partial charge in [0.05, 0.1) is 6.04 Å². The zero-order valence-electron chi connectivity index (χ0n) is 18.8. The van der Waals surface area contributed by atoms with Crippen LogP contribution in [0.5, 0.6) is 0 Å². The molecular weight excluding hydrogens is 409 g/mol. The number of hydrogen-bond acceptors (Lipinski definition) is 8. The summed E-state index contributed by atoms with van der Waals surface area (Å²) < 4.78 is 13.3. The van der Waals surface area contributed by atoms with Gasteiger partial charge in [-0.25, -0.2) is 4.39 Å². The molecule has 1 unspecified atom stereocenters. The first-order chi connectivity index (χ1) is 15.5. The highest BCUT2D eigenvalue weighted by Crippen LogP contribution is 2.22. The van der Waals surface area contributed by atoms with E-state index in [1.54, 1.807) is 12.1 Å². The molecule has 0 amide bonds. The van der Waals surface area contributed by atoms with Gasteiger partial charge in [0.25, 0.3) is 0 Å². The molecular formula is C22H30FN9. The van der Waals surface area contributed by atoms with Gasteiger partial charge in [-0.05, 0) is 38.1 Å². The second-order valence-corrected chi connectivity index (χ2v) is 8.14. The Balaban J connectivity index is 1.58. The van der Waals surface area contributed by atoms with Gasteiger partial charge in [-0.3, -0.25) is 5.10 Å². The summed E-state index contributed by atoms with van der Waals surface area (Å²) in [4.78, 5) is 18.3. The van der Waals surface area contributed by atoms with Crippen LogP contribution in [-0.2, 0) is 6.42 Å². The number of nitrogens with zero attached hydrogens (tertiary/aromatic N) is 6. The first-order valence-corrected chi connectivity index (χ1v) is 11.0. The van der Waals surface area contributed by atoms with E-state index in [0.29, 0.717) is 23.7 Å². The van der Waals surface area contributed by atoms with E-state index in [-0.39, 0.29) is 11.9 Å². The highest BCUT2D eigenvalue weighted by atomic mass is 19.1. The van der Waals surface area contributed by atoms with Crippen LogP contribution < -0.4 is 15.5 Å². The molecule has 1 fully saturated rings. The molecule has 0 aliphatic carbocycles. The smallest absolute Gasteiger partial charge is 0.235 e. The number of aromatic nitrogens is 5. The highest BCUT2D eigenvalue weighted by Gasteiger charge is 2.20. The van der Waals surface area contributed by atoms with Gasteiger partial charge in [0.15, 0.2) is 5.82 Å². The van der Waals surface area contributed by atoms with Crippen LogP contribution in [-0.4, -0.2) is 63.3 Å². The van der Waals surface area contributed by atoms with E-state index in [1.807, 2.05) is 13.0 Å². The Bertz CT molecular complexity index is 1010. The van der Waals surface area contributed by atoms with Crippen LogP contribution in [0, 0.1) is 5.82 Å². The number of halogens is 1. The van der Waals surface area contributed by atoms with Crippen LogP contribution in [0.3, 0.4) is 0 Å². The molecule has 32 heavy (non-hydrogen) atoms. The molecule has 1 saturated heterocycles. The van der Waals surface area contributed by atoms with Crippen molar-refractivity contribution in [2.75, 3.05) is 48.8 Å². The fourth-order valence-corrected chi connectivity index (χ4v) is 3.60. The van der Waals surface area contributed by atoms with E-state index in [9.17, 15) is 4.39 Å². The summed E-state index contributed by atoms with van der Waals surface area (Å²) in [7, 11) is 2.11. The molecule has 3 aromatic rings. The maximum absolute atomic E-state index is 13.3. The topological polar surface area (TPSA) is 97.9 Å². The predicted octanol–water partition coefficient (Wildman–Crippen LogP) is 3.35. The van der Waals surface area contributed by atoms with Gasteiger partial charge >= 0.3 is 0 Å². The third-order valence-electron chi connectivity index (χ3n) is 5.52. The summed E-state index contributed by atoms with van der Waals surface area (Å²) in [5, 5.41) is 13.9. The Morgan fingerprint density at radius 1 is 1.06 bits per heavy atom. The van der Waals surface area contributed by atoms with Crippen LogP contribution in [0.15, 0.2) is 30.3 Å². The van der Waals surface area contributed by atoms with Gasteiger partial charge in [-0.2, -0.15) is 20.1 Å². The normalized spacial score (nSPS) is 15.6. The number of H-pyrrole nitrogens is 1. The molecule has 9 nitrogen and oxygen atoms in total. The maximum Gasteiger partial charge on any atom is 0.235 e. The van der Waals surface area contributed by atoms with Crippen molar-refractivity contribution in [3.05, 3.63) is 47.4 Å². The van der Waals surface area contributed by atoms with E-state index < -0.39 is 0 Å². The largest absolute Gasteiger partial charge is 0.348 e. The number of hydrogen-bond donors (Lipinski definition) is 3. The molecule has 0 bridgehead atoms. The molecule has 170 valence electrons. The Kier molecular flexibility index (Phi) is 6.79. The summed E-state index contributed by atoms with van der Waals surface area (Å²) in [6.45, 7) is 7.70. The van der Waals surface area contributed by atoms with Crippen molar-refractivity contribution in [3.63, 3.8) is 0 Å². The summed E-state index contributed by atoms with van der Waals surface area (Å²) in [6, 6.07) is 8.29. The molecule has 0 radical (unpaired) electrons. The van der Waals surface area contributed by atoms with Gasteiger partial charge in [-0.15, -0.1) is 0 Å². The van der Waals surface area contributed by atoms with Crippen molar-refractivity contribution in [1.82, 2.24) is 30.0 Å². The average molecular weight is 440 g/mol. The molecule has 3 heterocycles. The molecule has 1 aromatic carbocycles. The molecule has 10 heteroatoms. The van der Waals surface area contributed by atoms with Crippen molar-refractivity contribution >= 4 is 23.7 Å². The lowest BCUT2D eigenvalue weighted by atomic mass is 10.1. The van der Waals surface area contributed by atoms with Gasteiger partial charge < -0.3 is 20.4 Å². The minimum Gasteiger partial charge on any atom is -0.348 e. The molecule has 0 spiro atoms. The minimum atomic E-state index is -0.258. The summed E-state index contributed by atoms with van der Waals surface area (Å²) >= 11 is 0. The van der Waals surface area contributed by atoms with Crippen molar-refractivity contribution in [3.8, 4) is 0 Å². The molecule has 3 N–H and O–H groups in total. The third-order valence-corrected chi connectivity index (χ3v) is 5.52. The Morgan fingerprint density at radius 2 is 1.78 bits per heavy atom. The summed E-state index contributed by atoms with van der Waals surface area (Å²) in [5.41, 5.74) is 2.01. The van der Waals surface area contributed by atoms with Crippen molar-refractivity contribution in [2.24, 2.45) is 0 Å². The molecule has 1 aliphatic heterocycles. The van der Waals surface area contributed by atoms with Crippen LogP contribution in [0.25, 0.3) is 0 Å². The SMILES string of the molecule is CCCc1cc(Nc2nc(NC(C)c3ccc(F)cc3)nc(N3CCN(C)CC3)n2)n[nH]1. The summed E-state index contributed by atoms with van der Waals surface area (Å²) in [5.74, 6) is 1.91. The number of likely N-dealkylation sites (N-methyl/N-ethyl adjacent to an activating group) is 1. The fraction of sp³-hybridized carbons (Fsp3) is 0.455. The number of anilines is 4. The monoisotopic (exact) mass is 439 g/mol. The number of aryl methyl sites for hydroxylation is 1. The van der Waals surface area contributed by atoms with E-state index in [1.165, 1.54) is 12.1 Å². The zero-order valence-corrected chi connectivity index (χ0v) is 18.8. The van der Waals surface area contributed by atoms with Crippen molar-refractivity contribution in [1.29, 1.82) is 0 Å². The van der Waals surface area contributed by atoms with Crippen LogP contribution in [0.4, 0.5) is 28.1 Å². The predicted molar refractivity (Wildman–Crippen MR) is 124 cm³/mol. The standard InChI is InChI=1S/C22H30FN9/c1-4-5-18-14-19(30-29-18)25-21-26-20(24-15(2)16-6-8-17(23)9-7-16)27-22(28-21)32-12-10-31(3)11-13-32/h6-9,14-15H,4-5,10-13H2,1-3H3,(H3,24,25,26,27,28,29,30). The lowest BCUT2D eigenvalue weighted by molar-refractivity contribution is 0.311. The van der Waals surface area contributed by atoms with Gasteiger partial charge in [-0.1, -0.05) is 25.5 Å². The number of piperazine rings is 1. The van der Waals surface area contributed by atoms with Crippen LogP contribution >= 0.6 is 0 Å². The first-order valence-electron chi connectivity index (χ1n) is 11.0. The third kappa shape index (κ3) is 5.50. The van der Waals surface area contributed by atoms with E-state index >= 15 is 0 Å². The number of aromatic amines is 1. The molecule has 4 rings (SSSR count). The Hall–Kier alpha value is -3.27. The lowest BCUT2D eigenvalue weighted by Gasteiger charge is -2.32.